The Bertz CT molecular complexity index is 1140. The van der Waals surface area contributed by atoms with Crippen LogP contribution in [-0.2, 0) is 6.18 Å². The number of nitrogen functional groups attached to an aromatic ring is 1. The number of rotatable bonds is 1. The van der Waals surface area contributed by atoms with Crippen molar-refractivity contribution >= 4 is 11.8 Å². The molecule has 1 aliphatic rings. The molecule has 0 saturated carbocycles. The summed E-state index contributed by atoms with van der Waals surface area (Å²) in [6.45, 7) is 1.41. The molecule has 1 unspecified atom stereocenters. The van der Waals surface area contributed by atoms with Gasteiger partial charge in [-0.25, -0.2) is 18.4 Å². The van der Waals surface area contributed by atoms with Gasteiger partial charge >= 0.3 is 11.9 Å². The Balaban J connectivity index is 2.28. The van der Waals surface area contributed by atoms with Gasteiger partial charge in [0.15, 0.2) is 5.69 Å². The van der Waals surface area contributed by atoms with E-state index in [1.54, 1.807) is 6.07 Å². The van der Waals surface area contributed by atoms with Crippen molar-refractivity contribution < 1.29 is 22.3 Å². The summed E-state index contributed by atoms with van der Waals surface area (Å²) >= 11 is 0. The second-order valence-electron chi connectivity index (χ2n) is 5.67. The van der Waals surface area contributed by atoms with Gasteiger partial charge in [-0.3, -0.25) is 4.79 Å². The van der Waals surface area contributed by atoms with Crippen molar-refractivity contribution in [2.45, 2.75) is 19.2 Å². The van der Waals surface area contributed by atoms with Gasteiger partial charge < -0.3 is 10.6 Å². The maximum absolute atomic E-state index is 13.7. The highest BCUT2D eigenvalue weighted by Gasteiger charge is 2.36. The number of alkyl halides is 3. The number of nitriles is 1. The summed E-state index contributed by atoms with van der Waals surface area (Å²) in [6, 6.07) is 3.87. The molecule has 1 aromatic carbocycles. The van der Waals surface area contributed by atoms with Gasteiger partial charge in [-0.1, -0.05) is 0 Å². The molecule has 11 heteroatoms. The number of ether oxygens (including phenoxy) is 1. The molecule has 0 amide bonds. The summed E-state index contributed by atoms with van der Waals surface area (Å²) < 4.78 is 58.0. The van der Waals surface area contributed by atoms with Gasteiger partial charge in [0, 0.05) is 11.6 Å². The highest BCUT2D eigenvalue weighted by Crippen LogP contribution is 2.34. The van der Waals surface area contributed by atoms with E-state index < -0.39 is 35.0 Å². The van der Waals surface area contributed by atoms with Crippen LogP contribution in [0.25, 0.3) is 11.8 Å². The van der Waals surface area contributed by atoms with Crippen LogP contribution in [0, 0.1) is 17.1 Å². The summed E-state index contributed by atoms with van der Waals surface area (Å²) in [6.07, 6.45) is -4.83. The molecule has 2 aromatic rings. The second-order valence-corrected chi connectivity index (χ2v) is 5.67. The van der Waals surface area contributed by atoms with Crippen molar-refractivity contribution in [1.29, 1.82) is 5.26 Å². The fourth-order valence-corrected chi connectivity index (χ4v) is 2.71. The first-order valence-corrected chi connectivity index (χ1v) is 7.38. The zero-order chi connectivity index (χ0) is 20.1. The number of hydrogen-bond acceptors (Lipinski definition) is 5. The number of hydrogen-bond donors (Lipinski definition) is 1. The van der Waals surface area contributed by atoms with E-state index in [0.29, 0.717) is 4.57 Å². The molecular weight excluding hydrogens is 372 g/mol. The third kappa shape index (κ3) is 2.95. The van der Waals surface area contributed by atoms with Crippen LogP contribution >= 0.6 is 0 Å². The number of nitrogens with zero attached hydrogens (tertiary/aromatic N) is 3. The molecule has 1 aliphatic heterocycles. The van der Waals surface area contributed by atoms with E-state index in [2.05, 4.69) is 0 Å². The van der Waals surface area contributed by atoms with Crippen LogP contribution in [0.2, 0.25) is 0 Å². The molecule has 2 N–H and O–H groups in total. The van der Waals surface area contributed by atoms with Gasteiger partial charge in [0.05, 0.1) is 11.3 Å². The molecule has 1 aromatic heterocycles. The summed E-state index contributed by atoms with van der Waals surface area (Å²) in [5.74, 6) is 4.47. The van der Waals surface area contributed by atoms with Crippen LogP contribution in [0.4, 0.5) is 17.6 Å². The Kier molecular flexibility index (Phi) is 4.06. The quantitative estimate of drug-likeness (QED) is 0.595. The van der Waals surface area contributed by atoms with E-state index in [1.807, 2.05) is 0 Å². The van der Waals surface area contributed by atoms with Crippen LogP contribution < -0.4 is 21.8 Å². The van der Waals surface area contributed by atoms with Gasteiger partial charge in [0.25, 0.3) is 5.56 Å². The first-order chi connectivity index (χ1) is 12.5. The molecule has 7 nitrogen and oxygen atoms in total. The lowest BCUT2D eigenvalue weighted by Gasteiger charge is -2.26. The van der Waals surface area contributed by atoms with Crippen molar-refractivity contribution in [1.82, 2.24) is 9.24 Å². The molecule has 27 heavy (non-hydrogen) atoms. The van der Waals surface area contributed by atoms with Gasteiger partial charge in [0.1, 0.15) is 23.7 Å². The number of benzene rings is 1. The number of fused-ring (bicyclic) bond motifs is 1. The van der Waals surface area contributed by atoms with Crippen molar-refractivity contribution in [2.24, 2.45) is 0 Å². The predicted octanol–water partition coefficient (Wildman–Crippen LogP) is 1.53. The van der Waals surface area contributed by atoms with Crippen LogP contribution in [0.15, 0.2) is 27.8 Å². The summed E-state index contributed by atoms with van der Waals surface area (Å²) in [7, 11) is 0. The normalized spacial score (nSPS) is 16.1. The SMILES string of the molecule is CC1Oc2c(C#N)cc(F)cc2C=C1n1c(=O)cc(C(F)(F)F)n(N)c1=O. The first kappa shape index (κ1) is 18.2. The standard InChI is InChI=1S/C16H10F4N4O3/c1-7-11(4-8-2-10(17)3-9(6-21)14(8)27-7)23-13(25)5-12(16(18,19)20)24(22)15(23)26/h2-5,7H,22H2,1H3. The van der Waals surface area contributed by atoms with Gasteiger partial charge in [-0.05, 0) is 25.1 Å². The lowest BCUT2D eigenvalue weighted by Crippen LogP contribution is -2.47. The van der Waals surface area contributed by atoms with Crippen molar-refractivity contribution in [3.05, 3.63) is 61.7 Å². The Hall–Kier alpha value is -3.55. The van der Waals surface area contributed by atoms with Crippen LogP contribution in [0.5, 0.6) is 5.75 Å². The summed E-state index contributed by atoms with van der Waals surface area (Å²) in [5.41, 5.74) is -4.55. The molecule has 1 atom stereocenters. The third-order valence-corrected chi connectivity index (χ3v) is 3.90. The summed E-state index contributed by atoms with van der Waals surface area (Å²) in [5, 5.41) is 9.07. The minimum absolute atomic E-state index is 0.0307. The molecule has 3 rings (SSSR count). The number of halogens is 4. The predicted molar refractivity (Wildman–Crippen MR) is 85.5 cm³/mol. The molecule has 0 saturated heterocycles. The van der Waals surface area contributed by atoms with E-state index >= 15 is 0 Å². The monoisotopic (exact) mass is 382 g/mol. The smallest absolute Gasteiger partial charge is 0.433 e. The molecule has 0 radical (unpaired) electrons. The maximum atomic E-state index is 13.7. The zero-order valence-corrected chi connectivity index (χ0v) is 13.5. The van der Waals surface area contributed by atoms with Crippen molar-refractivity contribution in [3.63, 3.8) is 0 Å². The first-order valence-electron chi connectivity index (χ1n) is 7.38. The average molecular weight is 382 g/mol. The molecule has 0 spiro atoms. The highest BCUT2D eigenvalue weighted by molar-refractivity contribution is 5.79. The minimum Gasteiger partial charge on any atom is -0.482 e. The van der Waals surface area contributed by atoms with E-state index in [1.165, 1.54) is 13.0 Å². The fourth-order valence-electron chi connectivity index (χ4n) is 2.71. The number of nitrogens with two attached hydrogens (primary N) is 1. The Morgan fingerprint density at radius 3 is 2.52 bits per heavy atom. The second kappa shape index (κ2) is 6.01. The third-order valence-electron chi connectivity index (χ3n) is 3.90. The average Bonchev–Trinajstić information content (AvgIpc) is 2.57. The Morgan fingerprint density at radius 1 is 1.26 bits per heavy atom. The maximum Gasteiger partial charge on any atom is 0.433 e. The van der Waals surface area contributed by atoms with Gasteiger partial charge in [-0.2, -0.15) is 18.4 Å². The molecule has 140 valence electrons. The zero-order valence-electron chi connectivity index (χ0n) is 13.5. The topological polar surface area (TPSA) is 103 Å². The minimum atomic E-state index is -5.01. The molecular formula is C16H10F4N4O3. The number of aromatic nitrogens is 2. The molecule has 0 bridgehead atoms. The van der Waals surface area contributed by atoms with Crippen LogP contribution in [0.3, 0.4) is 0 Å². The van der Waals surface area contributed by atoms with Crippen LogP contribution in [0.1, 0.15) is 23.7 Å². The van der Waals surface area contributed by atoms with Crippen LogP contribution in [-0.4, -0.2) is 15.3 Å². The van der Waals surface area contributed by atoms with E-state index in [4.69, 9.17) is 15.8 Å². The van der Waals surface area contributed by atoms with E-state index in [-0.39, 0.29) is 33.3 Å². The molecule has 2 heterocycles. The lowest BCUT2D eigenvalue weighted by molar-refractivity contribution is -0.143. The largest absolute Gasteiger partial charge is 0.482 e. The highest BCUT2D eigenvalue weighted by atomic mass is 19.4. The van der Waals surface area contributed by atoms with Crippen molar-refractivity contribution in [3.8, 4) is 11.8 Å². The van der Waals surface area contributed by atoms with Crippen molar-refractivity contribution in [2.75, 3.05) is 5.84 Å². The van der Waals surface area contributed by atoms with Gasteiger partial charge in [0.2, 0.25) is 0 Å². The fraction of sp³-hybridized carbons (Fsp3) is 0.188. The Labute approximate surface area is 148 Å². The summed E-state index contributed by atoms with van der Waals surface area (Å²) in [4.78, 5) is 24.5. The lowest BCUT2D eigenvalue weighted by atomic mass is 10.0. The van der Waals surface area contributed by atoms with Gasteiger partial charge in [-0.15, -0.1) is 0 Å². The molecule has 0 fully saturated rings. The molecule has 0 aliphatic carbocycles. The van der Waals surface area contributed by atoms with E-state index in [0.717, 1.165) is 12.1 Å². The van der Waals surface area contributed by atoms with E-state index in [9.17, 15) is 27.2 Å². The Morgan fingerprint density at radius 2 is 1.93 bits per heavy atom.